The number of Topliss-reactive ketones (excluding diaryl/α,β-unsaturated/α-hetero) is 1. The number of benzene rings is 1. The Hall–Kier alpha value is -2.40. The van der Waals surface area contributed by atoms with Gasteiger partial charge in [-0.3, -0.25) is 4.79 Å². The van der Waals surface area contributed by atoms with Crippen molar-refractivity contribution in [3.8, 4) is 5.75 Å². The van der Waals surface area contributed by atoms with Crippen molar-refractivity contribution >= 4 is 23.1 Å². The van der Waals surface area contributed by atoms with Gasteiger partial charge >= 0.3 is 5.97 Å². The molecule has 0 saturated carbocycles. The van der Waals surface area contributed by atoms with Crippen LogP contribution in [-0.2, 0) is 11.2 Å². The largest absolute Gasteiger partial charge is 0.484 e. The number of ketones is 1. The van der Waals surface area contributed by atoms with Gasteiger partial charge in [0, 0.05) is 11.1 Å². The van der Waals surface area contributed by atoms with Crippen molar-refractivity contribution in [2.24, 2.45) is 0 Å². The number of carboxylic acids is 1. The monoisotopic (exact) mass is 328 g/mol. The molecule has 0 spiro atoms. The standard InChI is InChI=1S/C18H16O4S/c1-11(18(20)21)5-6-12-3-2-4-14-15(19)9-16(22-17(12)14)13-7-8-23-10-13/h2-5,7-8,10,16H,6,9H2,1H3,(H,20,21)/b11-5+. The predicted molar refractivity (Wildman–Crippen MR) is 88.2 cm³/mol. The summed E-state index contributed by atoms with van der Waals surface area (Å²) < 4.78 is 6.08. The van der Waals surface area contributed by atoms with E-state index >= 15 is 0 Å². The average Bonchev–Trinajstić information content (AvgIpc) is 3.07. The summed E-state index contributed by atoms with van der Waals surface area (Å²) in [4.78, 5) is 23.3. The molecule has 1 aromatic heterocycles. The molecule has 0 aliphatic carbocycles. The summed E-state index contributed by atoms with van der Waals surface area (Å²) in [5, 5.41) is 12.9. The van der Waals surface area contributed by atoms with Crippen molar-refractivity contribution in [2.45, 2.75) is 25.9 Å². The molecular formula is C18H16O4S. The second kappa shape index (κ2) is 6.38. The number of carbonyl (C=O) groups is 2. The van der Waals surface area contributed by atoms with Crippen LogP contribution < -0.4 is 4.74 Å². The highest BCUT2D eigenvalue weighted by atomic mass is 32.1. The lowest BCUT2D eigenvalue weighted by atomic mass is 9.94. The van der Waals surface area contributed by atoms with Crippen LogP contribution in [0.1, 0.15) is 40.9 Å². The first-order valence-corrected chi connectivity index (χ1v) is 8.24. The number of aliphatic carboxylic acids is 1. The van der Waals surface area contributed by atoms with Crippen molar-refractivity contribution in [1.82, 2.24) is 0 Å². The third kappa shape index (κ3) is 3.19. The lowest BCUT2D eigenvalue weighted by Gasteiger charge is -2.26. The van der Waals surface area contributed by atoms with Crippen molar-refractivity contribution in [3.63, 3.8) is 0 Å². The molecule has 0 bridgehead atoms. The van der Waals surface area contributed by atoms with Crippen molar-refractivity contribution < 1.29 is 19.4 Å². The SMILES string of the molecule is C/C(=C\Cc1cccc2c1OC(c1ccsc1)CC2=O)C(=O)O. The number of fused-ring (bicyclic) bond motifs is 1. The van der Waals surface area contributed by atoms with Gasteiger partial charge in [-0.1, -0.05) is 18.2 Å². The van der Waals surface area contributed by atoms with Crippen molar-refractivity contribution in [1.29, 1.82) is 0 Å². The molecule has 3 rings (SSSR count). The van der Waals surface area contributed by atoms with E-state index < -0.39 is 5.97 Å². The second-order valence-electron chi connectivity index (χ2n) is 5.48. The summed E-state index contributed by atoms with van der Waals surface area (Å²) in [6.07, 6.45) is 2.12. The molecule has 0 radical (unpaired) electrons. The zero-order chi connectivity index (χ0) is 16.4. The van der Waals surface area contributed by atoms with Gasteiger partial charge < -0.3 is 9.84 Å². The smallest absolute Gasteiger partial charge is 0.330 e. The number of thiophene rings is 1. The van der Waals surface area contributed by atoms with Gasteiger partial charge in [-0.05, 0) is 41.8 Å². The first-order chi connectivity index (χ1) is 11.1. The number of para-hydroxylation sites is 1. The summed E-state index contributed by atoms with van der Waals surface area (Å²) >= 11 is 1.57. The Labute approximate surface area is 138 Å². The quantitative estimate of drug-likeness (QED) is 0.861. The fourth-order valence-electron chi connectivity index (χ4n) is 2.56. The van der Waals surface area contributed by atoms with Crippen LogP contribution >= 0.6 is 11.3 Å². The fourth-order valence-corrected chi connectivity index (χ4v) is 3.26. The summed E-state index contributed by atoms with van der Waals surface area (Å²) in [5.74, 6) is -0.305. The number of ether oxygens (including phenoxy) is 1. The Kier molecular flexibility index (Phi) is 4.30. The molecule has 1 aliphatic rings. The van der Waals surface area contributed by atoms with Gasteiger partial charge in [-0.25, -0.2) is 4.79 Å². The average molecular weight is 328 g/mol. The Balaban J connectivity index is 1.93. The maximum atomic E-state index is 12.4. The van der Waals surface area contributed by atoms with Gasteiger partial charge in [-0.15, -0.1) is 0 Å². The molecule has 1 aromatic carbocycles. The van der Waals surface area contributed by atoms with Gasteiger partial charge in [0.05, 0.1) is 12.0 Å². The Morgan fingerprint density at radius 3 is 2.96 bits per heavy atom. The molecular weight excluding hydrogens is 312 g/mol. The summed E-state index contributed by atoms with van der Waals surface area (Å²) in [6.45, 7) is 1.55. The number of allylic oxidation sites excluding steroid dienone is 1. The number of hydrogen-bond acceptors (Lipinski definition) is 4. The van der Waals surface area contributed by atoms with Crippen LogP contribution in [0.4, 0.5) is 0 Å². The topological polar surface area (TPSA) is 63.6 Å². The molecule has 0 saturated heterocycles. The van der Waals surface area contributed by atoms with Gasteiger partial charge in [0.25, 0.3) is 0 Å². The van der Waals surface area contributed by atoms with E-state index in [1.54, 1.807) is 30.4 Å². The highest BCUT2D eigenvalue weighted by Crippen LogP contribution is 2.38. The Morgan fingerprint density at radius 1 is 1.43 bits per heavy atom. The van der Waals surface area contributed by atoms with Crippen LogP contribution in [0.15, 0.2) is 46.7 Å². The van der Waals surface area contributed by atoms with E-state index in [-0.39, 0.29) is 17.5 Å². The summed E-state index contributed by atoms with van der Waals surface area (Å²) in [6, 6.07) is 7.40. The number of hydrogen-bond donors (Lipinski definition) is 1. The molecule has 1 atom stereocenters. The molecule has 1 N–H and O–H groups in total. The molecule has 4 nitrogen and oxygen atoms in total. The highest BCUT2D eigenvalue weighted by Gasteiger charge is 2.29. The first-order valence-electron chi connectivity index (χ1n) is 7.30. The van der Waals surface area contributed by atoms with Crippen LogP contribution in [0, 0.1) is 0 Å². The Morgan fingerprint density at radius 2 is 2.26 bits per heavy atom. The predicted octanol–water partition coefficient (Wildman–Crippen LogP) is 4.03. The van der Waals surface area contributed by atoms with E-state index in [0.717, 1.165) is 11.1 Å². The van der Waals surface area contributed by atoms with Crippen LogP contribution in [0.5, 0.6) is 5.75 Å². The zero-order valence-corrected chi connectivity index (χ0v) is 13.4. The molecule has 5 heteroatoms. The molecule has 2 aromatic rings. The normalized spacial score (nSPS) is 17.5. The molecule has 118 valence electrons. The second-order valence-corrected chi connectivity index (χ2v) is 6.26. The summed E-state index contributed by atoms with van der Waals surface area (Å²) in [5.41, 5.74) is 2.69. The molecule has 0 amide bonds. The van der Waals surface area contributed by atoms with Gasteiger partial charge in [0.15, 0.2) is 5.78 Å². The number of carbonyl (C=O) groups excluding carboxylic acids is 1. The van der Waals surface area contributed by atoms with E-state index in [1.807, 2.05) is 29.0 Å². The zero-order valence-electron chi connectivity index (χ0n) is 12.6. The van der Waals surface area contributed by atoms with E-state index in [0.29, 0.717) is 24.2 Å². The van der Waals surface area contributed by atoms with Crippen LogP contribution in [0.3, 0.4) is 0 Å². The highest BCUT2D eigenvalue weighted by molar-refractivity contribution is 7.07. The van der Waals surface area contributed by atoms with E-state index in [4.69, 9.17) is 9.84 Å². The van der Waals surface area contributed by atoms with Crippen LogP contribution in [-0.4, -0.2) is 16.9 Å². The van der Waals surface area contributed by atoms with E-state index in [2.05, 4.69) is 0 Å². The number of carboxylic acid groups (broad SMARTS) is 1. The van der Waals surface area contributed by atoms with Gasteiger partial charge in [0.2, 0.25) is 0 Å². The summed E-state index contributed by atoms with van der Waals surface area (Å²) in [7, 11) is 0. The van der Waals surface area contributed by atoms with Gasteiger partial charge in [-0.2, -0.15) is 11.3 Å². The number of rotatable bonds is 4. The lowest BCUT2D eigenvalue weighted by molar-refractivity contribution is -0.132. The molecule has 0 fully saturated rings. The maximum Gasteiger partial charge on any atom is 0.330 e. The maximum absolute atomic E-state index is 12.4. The van der Waals surface area contributed by atoms with Crippen molar-refractivity contribution in [3.05, 3.63) is 63.4 Å². The minimum atomic E-state index is -0.942. The Bertz CT molecular complexity index is 774. The molecule has 2 heterocycles. The molecule has 1 unspecified atom stereocenters. The van der Waals surface area contributed by atoms with E-state index in [9.17, 15) is 9.59 Å². The molecule has 1 aliphatic heterocycles. The van der Waals surface area contributed by atoms with Crippen LogP contribution in [0.2, 0.25) is 0 Å². The minimum absolute atomic E-state index is 0.0586. The van der Waals surface area contributed by atoms with Crippen LogP contribution in [0.25, 0.3) is 0 Å². The lowest BCUT2D eigenvalue weighted by Crippen LogP contribution is -2.21. The molecule has 23 heavy (non-hydrogen) atoms. The van der Waals surface area contributed by atoms with E-state index in [1.165, 1.54) is 0 Å². The fraction of sp³-hybridized carbons (Fsp3) is 0.222. The minimum Gasteiger partial charge on any atom is -0.484 e. The third-order valence-electron chi connectivity index (χ3n) is 3.91. The van der Waals surface area contributed by atoms with Crippen molar-refractivity contribution in [2.75, 3.05) is 0 Å². The first kappa shape index (κ1) is 15.5. The van der Waals surface area contributed by atoms with Gasteiger partial charge in [0.1, 0.15) is 11.9 Å². The third-order valence-corrected chi connectivity index (χ3v) is 4.61.